The molecule has 1 aliphatic heterocycles. The number of nitrogens with one attached hydrogen (secondary N) is 3. The number of amides is 3. The van der Waals surface area contributed by atoms with Gasteiger partial charge in [-0.15, -0.1) is 0 Å². The Hall–Kier alpha value is -3.48. The largest absolute Gasteiger partial charge is 0.504 e. The fourth-order valence-electron chi connectivity index (χ4n) is 3.04. The molecule has 0 saturated heterocycles. The first-order chi connectivity index (χ1) is 12.9. The van der Waals surface area contributed by atoms with Crippen LogP contribution in [0.4, 0.5) is 10.5 Å². The van der Waals surface area contributed by atoms with Crippen molar-refractivity contribution in [2.45, 2.75) is 19.9 Å². The molecule has 3 amide bonds. The minimum absolute atomic E-state index is 0.0204. The van der Waals surface area contributed by atoms with Crippen LogP contribution in [-0.2, 0) is 4.79 Å². The minimum atomic E-state index is -0.682. The van der Waals surface area contributed by atoms with Gasteiger partial charge >= 0.3 is 6.03 Å². The molecule has 7 nitrogen and oxygen atoms in total. The van der Waals surface area contributed by atoms with Gasteiger partial charge in [-0.1, -0.05) is 18.2 Å². The zero-order valence-electron chi connectivity index (χ0n) is 15.3. The molecule has 1 heterocycles. The van der Waals surface area contributed by atoms with Crippen LogP contribution in [0.5, 0.6) is 11.5 Å². The molecule has 0 aliphatic carbocycles. The van der Waals surface area contributed by atoms with Gasteiger partial charge in [0.05, 0.1) is 18.7 Å². The lowest BCUT2D eigenvalue weighted by molar-refractivity contribution is -0.113. The van der Waals surface area contributed by atoms with Crippen molar-refractivity contribution in [3.63, 3.8) is 0 Å². The maximum absolute atomic E-state index is 13.0. The van der Waals surface area contributed by atoms with Gasteiger partial charge in [0.15, 0.2) is 11.5 Å². The average Bonchev–Trinajstić information content (AvgIpc) is 2.61. The molecule has 4 N–H and O–H groups in total. The van der Waals surface area contributed by atoms with E-state index in [0.717, 1.165) is 5.56 Å². The molecule has 1 atom stereocenters. The van der Waals surface area contributed by atoms with Crippen LogP contribution < -0.4 is 20.7 Å². The Morgan fingerprint density at radius 1 is 1.19 bits per heavy atom. The number of allylic oxidation sites excluding steroid dienone is 1. The highest BCUT2D eigenvalue weighted by molar-refractivity contribution is 6.06. The zero-order chi connectivity index (χ0) is 19.6. The molecule has 140 valence electrons. The van der Waals surface area contributed by atoms with Crippen molar-refractivity contribution in [1.82, 2.24) is 10.6 Å². The topological polar surface area (TPSA) is 99.7 Å². The van der Waals surface area contributed by atoms with Crippen molar-refractivity contribution in [3.8, 4) is 11.5 Å². The van der Waals surface area contributed by atoms with Gasteiger partial charge in [0.25, 0.3) is 5.91 Å². The van der Waals surface area contributed by atoms with E-state index in [1.54, 1.807) is 25.1 Å². The van der Waals surface area contributed by atoms with Crippen LogP contribution in [-0.4, -0.2) is 24.2 Å². The predicted molar refractivity (Wildman–Crippen MR) is 102 cm³/mol. The molecule has 0 aromatic heterocycles. The number of phenolic OH excluding ortho intramolecular Hbond substituents is 1. The van der Waals surface area contributed by atoms with Gasteiger partial charge in [0.1, 0.15) is 0 Å². The first-order valence-corrected chi connectivity index (χ1v) is 8.42. The molecule has 27 heavy (non-hydrogen) atoms. The summed E-state index contributed by atoms with van der Waals surface area (Å²) in [5.74, 6) is -0.0907. The fourth-order valence-corrected chi connectivity index (χ4v) is 3.04. The SMILES string of the molecule is COc1cc(C2NC(=O)NC(C)=C2C(=O)Nc2cccc(C)c2)ccc1O. The average molecular weight is 367 g/mol. The molecule has 0 radical (unpaired) electrons. The molecule has 0 bridgehead atoms. The number of hydrogen-bond donors (Lipinski definition) is 4. The van der Waals surface area contributed by atoms with E-state index in [1.165, 1.54) is 13.2 Å². The van der Waals surface area contributed by atoms with E-state index >= 15 is 0 Å². The van der Waals surface area contributed by atoms with Crippen molar-refractivity contribution in [2.75, 3.05) is 12.4 Å². The number of carbonyl (C=O) groups excluding carboxylic acids is 2. The second-order valence-corrected chi connectivity index (χ2v) is 6.33. The van der Waals surface area contributed by atoms with E-state index in [9.17, 15) is 14.7 Å². The third-order valence-corrected chi connectivity index (χ3v) is 4.33. The normalized spacial score (nSPS) is 16.4. The summed E-state index contributed by atoms with van der Waals surface area (Å²) in [6, 6.07) is 11.1. The van der Waals surface area contributed by atoms with E-state index in [4.69, 9.17) is 4.74 Å². The quantitative estimate of drug-likeness (QED) is 0.667. The third-order valence-electron chi connectivity index (χ3n) is 4.33. The van der Waals surface area contributed by atoms with Gasteiger partial charge in [-0.2, -0.15) is 0 Å². The van der Waals surface area contributed by atoms with Crippen molar-refractivity contribution in [2.24, 2.45) is 0 Å². The maximum Gasteiger partial charge on any atom is 0.319 e. The minimum Gasteiger partial charge on any atom is -0.504 e. The Morgan fingerprint density at radius 2 is 1.96 bits per heavy atom. The van der Waals surface area contributed by atoms with Gasteiger partial charge in [0, 0.05) is 11.4 Å². The van der Waals surface area contributed by atoms with E-state index in [1.807, 2.05) is 25.1 Å². The molecular weight excluding hydrogens is 346 g/mol. The fraction of sp³-hybridized carbons (Fsp3) is 0.200. The lowest BCUT2D eigenvalue weighted by Gasteiger charge is -2.29. The number of ether oxygens (including phenoxy) is 1. The second kappa shape index (κ2) is 7.41. The lowest BCUT2D eigenvalue weighted by Crippen LogP contribution is -2.45. The van der Waals surface area contributed by atoms with Crippen LogP contribution in [0.2, 0.25) is 0 Å². The monoisotopic (exact) mass is 367 g/mol. The number of benzene rings is 2. The zero-order valence-corrected chi connectivity index (χ0v) is 15.3. The molecule has 1 unspecified atom stereocenters. The third kappa shape index (κ3) is 3.87. The van der Waals surface area contributed by atoms with Crippen molar-refractivity contribution in [3.05, 3.63) is 64.9 Å². The Kier molecular flexibility index (Phi) is 5.03. The Labute approximate surface area is 157 Å². The summed E-state index contributed by atoms with van der Waals surface area (Å²) in [4.78, 5) is 24.9. The van der Waals surface area contributed by atoms with E-state index in [2.05, 4.69) is 16.0 Å². The lowest BCUT2D eigenvalue weighted by atomic mass is 9.94. The van der Waals surface area contributed by atoms with Crippen LogP contribution in [0.3, 0.4) is 0 Å². The number of aromatic hydroxyl groups is 1. The summed E-state index contributed by atoms with van der Waals surface area (Å²) in [6.45, 7) is 3.61. The Morgan fingerprint density at radius 3 is 2.67 bits per heavy atom. The molecule has 1 aliphatic rings. The van der Waals surface area contributed by atoms with Crippen LogP contribution >= 0.6 is 0 Å². The number of methoxy groups -OCH3 is 1. The molecule has 0 fully saturated rings. The van der Waals surface area contributed by atoms with Crippen LogP contribution in [0, 0.1) is 6.92 Å². The number of hydrogen-bond acceptors (Lipinski definition) is 4. The highest BCUT2D eigenvalue weighted by Crippen LogP contribution is 2.33. The molecule has 3 rings (SSSR count). The van der Waals surface area contributed by atoms with Gasteiger partial charge in [-0.25, -0.2) is 4.79 Å². The first-order valence-electron chi connectivity index (χ1n) is 8.42. The highest BCUT2D eigenvalue weighted by atomic mass is 16.5. The second-order valence-electron chi connectivity index (χ2n) is 6.33. The Bertz CT molecular complexity index is 937. The van der Waals surface area contributed by atoms with Crippen LogP contribution in [0.1, 0.15) is 24.1 Å². The summed E-state index contributed by atoms with van der Waals surface area (Å²) in [5, 5.41) is 18.1. The number of aryl methyl sites for hydroxylation is 1. The first kappa shape index (κ1) is 18.3. The van der Waals surface area contributed by atoms with Crippen molar-refractivity contribution in [1.29, 1.82) is 0 Å². The number of anilines is 1. The predicted octanol–water partition coefficient (Wildman–Crippen LogP) is 2.98. The number of rotatable bonds is 4. The van der Waals surface area contributed by atoms with Gasteiger partial charge in [-0.3, -0.25) is 4.79 Å². The van der Waals surface area contributed by atoms with Crippen LogP contribution in [0.25, 0.3) is 0 Å². The summed E-state index contributed by atoms with van der Waals surface area (Å²) in [6.07, 6.45) is 0. The summed E-state index contributed by atoms with van der Waals surface area (Å²) >= 11 is 0. The molecule has 0 spiro atoms. The summed E-state index contributed by atoms with van der Waals surface area (Å²) < 4.78 is 5.14. The molecule has 7 heteroatoms. The van der Waals surface area contributed by atoms with Gasteiger partial charge in [-0.05, 0) is 49.2 Å². The van der Waals surface area contributed by atoms with E-state index in [0.29, 0.717) is 22.5 Å². The van der Waals surface area contributed by atoms with Gasteiger partial charge < -0.3 is 25.8 Å². The number of phenols is 1. The van der Waals surface area contributed by atoms with E-state index < -0.39 is 12.1 Å². The number of urea groups is 1. The molecule has 2 aromatic carbocycles. The van der Waals surface area contributed by atoms with Gasteiger partial charge in [0.2, 0.25) is 0 Å². The Balaban J connectivity index is 1.98. The summed E-state index contributed by atoms with van der Waals surface area (Å²) in [7, 11) is 1.44. The molecule has 0 saturated carbocycles. The molecule has 2 aromatic rings. The number of carbonyl (C=O) groups is 2. The van der Waals surface area contributed by atoms with Crippen LogP contribution in [0.15, 0.2) is 53.7 Å². The summed E-state index contributed by atoms with van der Waals surface area (Å²) in [5.41, 5.74) is 3.14. The smallest absolute Gasteiger partial charge is 0.319 e. The van der Waals surface area contributed by atoms with Crippen molar-refractivity contribution >= 4 is 17.6 Å². The van der Waals surface area contributed by atoms with E-state index in [-0.39, 0.29) is 17.4 Å². The molecular formula is C20H21N3O4. The van der Waals surface area contributed by atoms with Crippen molar-refractivity contribution < 1.29 is 19.4 Å². The maximum atomic E-state index is 13.0. The standard InChI is InChI=1S/C20H21N3O4/c1-11-5-4-6-14(9-11)22-19(25)17-12(2)21-20(26)23-18(17)13-7-8-15(24)16(10-13)27-3/h4-10,18,24H,1-3H3,(H,22,25)(H2,21,23,26). The highest BCUT2D eigenvalue weighted by Gasteiger charge is 2.31.